The molecule has 1 heterocycles. The van der Waals surface area contributed by atoms with Gasteiger partial charge in [-0.05, 0) is 26.2 Å². The fraction of sp³-hybridized carbons (Fsp3) is 0.846. The smallest absolute Gasteiger partial charge is 0.306 e. The fourth-order valence-corrected chi connectivity index (χ4v) is 1.73. The van der Waals surface area contributed by atoms with E-state index in [1.54, 1.807) is 0 Å². The van der Waals surface area contributed by atoms with Crippen molar-refractivity contribution in [3.8, 4) is 0 Å². The number of quaternary nitrogens is 1. The van der Waals surface area contributed by atoms with Crippen molar-refractivity contribution in [2.24, 2.45) is 0 Å². The minimum atomic E-state index is -1.08. The van der Waals surface area contributed by atoms with Crippen molar-refractivity contribution >= 4 is 11.9 Å². The average Bonchev–Trinajstić information content (AvgIpc) is 2.81. The monoisotopic (exact) mass is 275 g/mol. The van der Waals surface area contributed by atoms with E-state index in [4.69, 9.17) is 19.4 Å². The fourth-order valence-electron chi connectivity index (χ4n) is 1.73. The first-order chi connectivity index (χ1) is 8.99. The van der Waals surface area contributed by atoms with Crippen LogP contribution in [0.1, 0.15) is 46.0 Å². The molecule has 0 aromatic rings. The van der Waals surface area contributed by atoms with E-state index in [2.05, 4.69) is 12.7 Å². The number of ether oxygens (including phenoxy) is 2. The topological polar surface area (TPSA) is 103 Å². The first kappa shape index (κ1) is 17.9. The van der Waals surface area contributed by atoms with Crippen molar-refractivity contribution in [2.75, 3.05) is 13.2 Å². The predicted molar refractivity (Wildman–Crippen MR) is 66.8 cm³/mol. The van der Waals surface area contributed by atoms with Crippen LogP contribution in [0.25, 0.3) is 0 Å². The number of carboxylic acid groups (broad SMARTS) is 1. The van der Waals surface area contributed by atoms with E-state index in [1.165, 1.54) is 0 Å². The largest absolute Gasteiger partial charge is 0.550 e. The summed E-state index contributed by atoms with van der Waals surface area (Å²) >= 11 is 0. The second-order valence-corrected chi connectivity index (χ2v) is 4.50. The zero-order valence-electron chi connectivity index (χ0n) is 11.9. The van der Waals surface area contributed by atoms with Gasteiger partial charge in [-0.3, -0.25) is 4.79 Å². The van der Waals surface area contributed by atoms with Crippen molar-refractivity contribution in [1.29, 1.82) is 0 Å². The van der Waals surface area contributed by atoms with Crippen LogP contribution in [0.5, 0.6) is 0 Å². The van der Waals surface area contributed by atoms with Crippen LogP contribution in [0.3, 0.4) is 0 Å². The SMILES string of the molecule is CC(=O)[O-].CC[C@H]1CC[C@H](COC(=O)CCC[NH3+])O1. The maximum Gasteiger partial charge on any atom is 0.306 e. The van der Waals surface area contributed by atoms with Gasteiger partial charge in [0.2, 0.25) is 0 Å². The number of hydrogen-bond donors (Lipinski definition) is 1. The molecule has 1 saturated heterocycles. The Morgan fingerprint density at radius 2 is 1.95 bits per heavy atom. The second-order valence-electron chi connectivity index (χ2n) is 4.50. The number of hydrogen-bond acceptors (Lipinski definition) is 5. The van der Waals surface area contributed by atoms with Crippen LogP contribution < -0.4 is 10.8 Å². The molecule has 0 bridgehead atoms. The maximum atomic E-state index is 11.2. The van der Waals surface area contributed by atoms with Crippen LogP contribution in [0, 0.1) is 0 Å². The summed E-state index contributed by atoms with van der Waals surface area (Å²) < 4.78 is 10.8. The van der Waals surface area contributed by atoms with Gasteiger partial charge in [-0.2, -0.15) is 0 Å². The zero-order chi connectivity index (χ0) is 14.7. The van der Waals surface area contributed by atoms with E-state index in [9.17, 15) is 4.79 Å². The van der Waals surface area contributed by atoms with Crippen molar-refractivity contribution in [3.05, 3.63) is 0 Å². The molecule has 0 spiro atoms. The van der Waals surface area contributed by atoms with Crippen LogP contribution in [-0.4, -0.2) is 37.3 Å². The van der Waals surface area contributed by atoms with Gasteiger partial charge in [0.1, 0.15) is 6.61 Å². The summed E-state index contributed by atoms with van der Waals surface area (Å²) in [5.41, 5.74) is 3.68. The molecule has 1 aliphatic rings. The number of carbonyl (C=O) groups excluding carboxylic acids is 2. The molecule has 6 nitrogen and oxygen atoms in total. The van der Waals surface area contributed by atoms with Gasteiger partial charge in [0, 0.05) is 12.4 Å². The highest BCUT2D eigenvalue weighted by Crippen LogP contribution is 2.21. The molecule has 0 aliphatic carbocycles. The van der Waals surface area contributed by atoms with Crippen LogP contribution in [0.2, 0.25) is 0 Å². The van der Waals surface area contributed by atoms with E-state index in [1.807, 2.05) is 0 Å². The number of rotatable bonds is 6. The average molecular weight is 275 g/mol. The van der Waals surface area contributed by atoms with Gasteiger partial charge in [0.05, 0.1) is 25.2 Å². The van der Waals surface area contributed by atoms with Gasteiger partial charge in [0.25, 0.3) is 0 Å². The lowest BCUT2D eigenvalue weighted by molar-refractivity contribution is -0.368. The lowest BCUT2D eigenvalue weighted by atomic mass is 10.2. The van der Waals surface area contributed by atoms with Crippen LogP contribution in [0.4, 0.5) is 0 Å². The zero-order valence-corrected chi connectivity index (χ0v) is 11.9. The molecule has 1 aliphatic heterocycles. The van der Waals surface area contributed by atoms with Gasteiger partial charge in [-0.25, -0.2) is 0 Å². The summed E-state index contributed by atoms with van der Waals surface area (Å²) in [5.74, 6) is -1.21. The molecule has 0 aromatic carbocycles. The van der Waals surface area contributed by atoms with Crippen LogP contribution >= 0.6 is 0 Å². The van der Waals surface area contributed by atoms with E-state index < -0.39 is 5.97 Å². The first-order valence-electron chi connectivity index (χ1n) is 6.77. The Labute approximate surface area is 114 Å². The minimum Gasteiger partial charge on any atom is -0.550 e. The van der Waals surface area contributed by atoms with E-state index in [0.717, 1.165) is 39.2 Å². The first-order valence-corrected chi connectivity index (χ1v) is 6.77. The maximum absolute atomic E-state index is 11.2. The quantitative estimate of drug-likeness (QED) is 0.643. The highest BCUT2D eigenvalue weighted by molar-refractivity contribution is 5.69. The summed E-state index contributed by atoms with van der Waals surface area (Å²) in [5, 5.41) is 8.89. The molecule has 112 valence electrons. The number of esters is 1. The molecule has 0 unspecified atom stereocenters. The third kappa shape index (κ3) is 10.5. The van der Waals surface area contributed by atoms with Crippen molar-refractivity contribution in [3.63, 3.8) is 0 Å². The van der Waals surface area contributed by atoms with Gasteiger partial charge >= 0.3 is 5.97 Å². The van der Waals surface area contributed by atoms with Crippen molar-refractivity contribution in [1.82, 2.24) is 0 Å². The highest BCUT2D eigenvalue weighted by atomic mass is 16.6. The summed E-state index contributed by atoms with van der Waals surface area (Å²) in [7, 11) is 0. The number of carboxylic acids is 1. The Kier molecular flexibility index (Phi) is 10.1. The number of aliphatic carboxylic acids is 1. The molecule has 0 saturated carbocycles. The van der Waals surface area contributed by atoms with E-state index in [0.29, 0.717) is 19.1 Å². The third-order valence-electron chi connectivity index (χ3n) is 2.71. The Morgan fingerprint density at radius 1 is 1.37 bits per heavy atom. The molecule has 6 heteroatoms. The molecule has 1 fully saturated rings. The highest BCUT2D eigenvalue weighted by Gasteiger charge is 2.24. The minimum absolute atomic E-state index is 0.123. The molecular formula is C13H25NO5. The molecule has 1 rings (SSSR count). The van der Waals surface area contributed by atoms with Gasteiger partial charge in [-0.15, -0.1) is 0 Å². The summed E-state index contributed by atoms with van der Waals surface area (Å²) in [6.07, 6.45) is 4.94. The lowest BCUT2D eigenvalue weighted by Gasteiger charge is -2.12. The molecular weight excluding hydrogens is 250 g/mol. The van der Waals surface area contributed by atoms with Crippen LogP contribution in [-0.2, 0) is 19.1 Å². The molecule has 0 aromatic heterocycles. The molecule has 2 atom stereocenters. The molecule has 0 radical (unpaired) electrons. The number of carbonyl (C=O) groups is 2. The van der Waals surface area contributed by atoms with E-state index in [-0.39, 0.29) is 12.1 Å². The van der Waals surface area contributed by atoms with Gasteiger partial charge in [0.15, 0.2) is 0 Å². The predicted octanol–water partition coefficient (Wildman–Crippen LogP) is -0.734. The second kappa shape index (κ2) is 10.8. The molecule has 3 N–H and O–H groups in total. The Balaban J connectivity index is 0.000000711. The van der Waals surface area contributed by atoms with Gasteiger partial charge < -0.3 is 25.1 Å². The Bertz CT molecular complexity index is 266. The summed E-state index contributed by atoms with van der Waals surface area (Å²) in [6.45, 7) is 4.30. The summed E-state index contributed by atoms with van der Waals surface area (Å²) in [4.78, 5) is 20.1. The Hall–Kier alpha value is -1.14. The van der Waals surface area contributed by atoms with E-state index >= 15 is 0 Å². The third-order valence-corrected chi connectivity index (χ3v) is 2.71. The Morgan fingerprint density at radius 3 is 2.42 bits per heavy atom. The lowest BCUT2D eigenvalue weighted by Crippen LogP contribution is -2.50. The van der Waals surface area contributed by atoms with Crippen LogP contribution in [0.15, 0.2) is 0 Å². The van der Waals surface area contributed by atoms with Crippen molar-refractivity contribution in [2.45, 2.75) is 58.2 Å². The standard InChI is InChI=1S/C11H21NO3.C2H4O2/c1-2-9-5-6-10(15-9)8-14-11(13)4-3-7-12;1-2(3)4/h9-10H,2-8,12H2,1H3;1H3,(H,3,4)/t9-,10+;/m0./s1. The molecule has 0 amide bonds. The normalized spacial score (nSPS) is 21.4. The van der Waals surface area contributed by atoms with Crippen molar-refractivity contribution < 1.29 is 29.9 Å². The summed E-state index contributed by atoms with van der Waals surface area (Å²) in [6, 6.07) is 0. The van der Waals surface area contributed by atoms with Gasteiger partial charge in [-0.1, -0.05) is 6.92 Å². The molecule has 19 heavy (non-hydrogen) atoms.